The van der Waals surface area contributed by atoms with Crippen molar-refractivity contribution in [2.45, 2.75) is 12.8 Å². The van der Waals surface area contributed by atoms with E-state index >= 15 is 0 Å². The number of methoxy groups -OCH3 is 1. The largest absolute Gasteiger partial charge is 0.497 e. The van der Waals surface area contributed by atoms with Crippen LogP contribution in [0.4, 0.5) is 9.18 Å². The highest BCUT2D eigenvalue weighted by Crippen LogP contribution is 2.25. The zero-order chi connectivity index (χ0) is 19.1. The zero-order valence-corrected chi connectivity index (χ0v) is 15.0. The first kappa shape index (κ1) is 17.2. The maximum Gasteiger partial charge on any atom is 0.338 e. The van der Waals surface area contributed by atoms with Crippen LogP contribution in [0, 0.1) is 5.82 Å². The van der Waals surface area contributed by atoms with Crippen molar-refractivity contribution in [3.05, 3.63) is 40.7 Å². The summed E-state index contributed by atoms with van der Waals surface area (Å²) in [6.07, 6.45) is 3.22. The molecular weight excluding hydrogens is 353 g/mol. The SMILES string of the molecule is COc1ccc(F)c(-c2ncc3c(n2)n(C)c(=O)n3C(=O)N2CCCC2)c1. The molecule has 9 heteroatoms. The Kier molecular flexibility index (Phi) is 4.14. The van der Waals surface area contributed by atoms with E-state index in [0.717, 1.165) is 17.4 Å². The molecule has 0 aliphatic carbocycles. The molecule has 0 saturated carbocycles. The molecule has 8 nitrogen and oxygen atoms in total. The molecule has 0 unspecified atom stereocenters. The molecule has 140 valence electrons. The van der Waals surface area contributed by atoms with Gasteiger partial charge in [-0.25, -0.2) is 28.5 Å². The molecule has 0 atom stereocenters. The monoisotopic (exact) mass is 371 g/mol. The van der Waals surface area contributed by atoms with Crippen LogP contribution >= 0.6 is 0 Å². The van der Waals surface area contributed by atoms with Gasteiger partial charge in [-0.1, -0.05) is 0 Å². The summed E-state index contributed by atoms with van der Waals surface area (Å²) in [5.41, 5.74) is 0.216. The fourth-order valence-corrected chi connectivity index (χ4v) is 3.28. The van der Waals surface area contributed by atoms with Gasteiger partial charge in [0.2, 0.25) is 0 Å². The van der Waals surface area contributed by atoms with Gasteiger partial charge >= 0.3 is 11.7 Å². The number of amides is 1. The molecule has 27 heavy (non-hydrogen) atoms. The van der Waals surface area contributed by atoms with E-state index in [9.17, 15) is 14.0 Å². The standard InChI is InChI=1S/C18H18FN5O3/c1-22-16-14(24(17(22)25)18(26)23-7-3-4-8-23)10-20-15(21-16)12-9-11(27-2)5-6-13(12)19/h5-6,9-10H,3-4,7-8H2,1-2H3. The van der Waals surface area contributed by atoms with Gasteiger partial charge < -0.3 is 9.64 Å². The Hall–Kier alpha value is -3.23. The Morgan fingerprint density at radius 3 is 2.70 bits per heavy atom. The van der Waals surface area contributed by atoms with Crippen LogP contribution in [0.1, 0.15) is 12.8 Å². The third kappa shape index (κ3) is 2.75. The minimum Gasteiger partial charge on any atom is -0.497 e. The Morgan fingerprint density at radius 2 is 2.00 bits per heavy atom. The lowest BCUT2D eigenvalue weighted by atomic mass is 10.2. The molecule has 1 aromatic carbocycles. The second-order valence-corrected chi connectivity index (χ2v) is 6.40. The Morgan fingerprint density at radius 1 is 1.26 bits per heavy atom. The number of carbonyl (C=O) groups excluding carboxylic acids is 1. The first-order valence-corrected chi connectivity index (χ1v) is 8.59. The van der Waals surface area contributed by atoms with Crippen LogP contribution in [0.5, 0.6) is 5.75 Å². The smallest absolute Gasteiger partial charge is 0.338 e. The first-order chi connectivity index (χ1) is 13.0. The molecular formula is C18H18FN5O3. The van der Waals surface area contributed by atoms with Crippen molar-refractivity contribution in [2.24, 2.45) is 7.05 Å². The molecule has 4 rings (SSSR count). The maximum absolute atomic E-state index is 14.2. The molecule has 1 amide bonds. The number of aryl methyl sites for hydroxylation is 1. The van der Waals surface area contributed by atoms with Crippen molar-refractivity contribution in [2.75, 3.05) is 20.2 Å². The Balaban J connectivity index is 1.86. The minimum atomic E-state index is -0.507. The topological polar surface area (TPSA) is 82.2 Å². The third-order valence-corrected chi connectivity index (χ3v) is 4.77. The van der Waals surface area contributed by atoms with Crippen molar-refractivity contribution in [3.63, 3.8) is 0 Å². The van der Waals surface area contributed by atoms with Crippen molar-refractivity contribution < 1.29 is 13.9 Å². The van der Waals surface area contributed by atoms with Crippen LogP contribution < -0.4 is 10.4 Å². The highest BCUT2D eigenvalue weighted by Gasteiger charge is 2.25. The fraction of sp³-hybridized carbons (Fsp3) is 0.333. The second kappa shape index (κ2) is 6.49. The van der Waals surface area contributed by atoms with E-state index in [4.69, 9.17) is 4.74 Å². The molecule has 2 aromatic heterocycles. The van der Waals surface area contributed by atoms with Crippen LogP contribution in [-0.2, 0) is 7.05 Å². The lowest BCUT2D eigenvalue weighted by molar-refractivity contribution is 0.210. The highest BCUT2D eigenvalue weighted by atomic mass is 19.1. The van der Waals surface area contributed by atoms with E-state index in [2.05, 4.69) is 9.97 Å². The summed E-state index contributed by atoms with van der Waals surface area (Å²) in [6.45, 7) is 1.24. The van der Waals surface area contributed by atoms with Crippen molar-refractivity contribution >= 4 is 17.2 Å². The summed E-state index contributed by atoms with van der Waals surface area (Å²) in [7, 11) is 3.01. The summed E-state index contributed by atoms with van der Waals surface area (Å²) >= 11 is 0. The van der Waals surface area contributed by atoms with Gasteiger partial charge in [0.1, 0.15) is 17.1 Å². The van der Waals surface area contributed by atoms with E-state index < -0.39 is 11.5 Å². The summed E-state index contributed by atoms with van der Waals surface area (Å²) in [4.78, 5) is 35.5. The fourth-order valence-electron chi connectivity index (χ4n) is 3.28. The van der Waals surface area contributed by atoms with Crippen molar-refractivity contribution in [1.82, 2.24) is 24.0 Å². The van der Waals surface area contributed by atoms with Gasteiger partial charge in [-0.05, 0) is 31.0 Å². The van der Waals surface area contributed by atoms with Gasteiger partial charge in [-0.2, -0.15) is 0 Å². The number of fused-ring (bicyclic) bond motifs is 1. The van der Waals surface area contributed by atoms with Crippen molar-refractivity contribution in [3.8, 4) is 17.1 Å². The average molecular weight is 371 g/mol. The summed E-state index contributed by atoms with van der Waals surface area (Å²) in [5, 5.41) is 0. The number of hydrogen-bond donors (Lipinski definition) is 0. The van der Waals surface area contributed by atoms with Gasteiger partial charge in [-0.15, -0.1) is 0 Å². The molecule has 1 fully saturated rings. The quantitative estimate of drug-likeness (QED) is 0.688. The highest BCUT2D eigenvalue weighted by molar-refractivity contribution is 5.88. The van der Waals surface area contributed by atoms with Crippen molar-refractivity contribution in [1.29, 1.82) is 0 Å². The normalized spacial score (nSPS) is 14.1. The molecule has 0 bridgehead atoms. The second-order valence-electron chi connectivity index (χ2n) is 6.40. The summed E-state index contributed by atoms with van der Waals surface area (Å²) < 4.78 is 21.7. The lowest BCUT2D eigenvalue weighted by Gasteiger charge is -2.14. The number of aromatic nitrogens is 4. The van der Waals surface area contributed by atoms with E-state index in [1.807, 2.05) is 0 Å². The van der Waals surface area contributed by atoms with Crippen LogP contribution in [0.3, 0.4) is 0 Å². The molecule has 3 aromatic rings. The van der Waals surface area contributed by atoms with Crippen LogP contribution in [0.2, 0.25) is 0 Å². The lowest BCUT2D eigenvalue weighted by Crippen LogP contribution is -2.38. The van der Waals surface area contributed by atoms with Gasteiger partial charge in [0, 0.05) is 20.1 Å². The number of nitrogens with zero attached hydrogens (tertiary/aromatic N) is 5. The van der Waals surface area contributed by atoms with E-state index in [-0.39, 0.29) is 23.1 Å². The van der Waals surface area contributed by atoms with Gasteiger partial charge in [0.05, 0.1) is 18.9 Å². The number of halogens is 1. The van der Waals surface area contributed by atoms with Crippen LogP contribution in [0.25, 0.3) is 22.6 Å². The summed E-state index contributed by atoms with van der Waals surface area (Å²) in [6, 6.07) is 3.87. The molecule has 0 spiro atoms. The number of hydrogen-bond acceptors (Lipinski definition) is 5. The van der Waals surface area contributed by atoms with E-state index in [1.165, 1.54) is 43.1 Å². The number of ether oxygens (including phenoxy) is 1. The molecule has 1 aliphatic rings. The van der Waals surface area contributed by atoms with E-state index in [0.29, 0.717) is 24.4 Å². The van der Waals surface area contributed by atoms with Crippen LogP contribution in [-0.4, -0.2) is 50.2 Å². The Labute approximate surface area is 153 Å². The number of rotatable bonds is 2. The molecule has 1 saturated heterocycles. The number of benzene rings is 1. The molecule has 0 radical (unpaired) electrons. The van der Waals surface area contributed by atoms with E-state index in [1.54, 1.807) is 4.90 Å². The number of likely N-dealkylation sites (tertiary alicyclic amines) is 1. The van der Waals surface area contributed by atoms with Crippen LogP contribution in [0.15, 0.2) is 29.2 Å². The first-order valence-electron chi connectivity index (χ1n) is 8.59. The average Bonchev–Trinajstić information content (AvgIpc) is 3.30. The summed E-state index contributed by atoms with van der Waals surface area (Å²) in [5.74, 6) is 0.0683. The minimum absolute atomic E-state index is 0.111. The molecule has 3 heterocycles. The van der Waals surface area contributed by atoms with Gasteiger partial charge in [0.25, 0.3) is 0 Å². The molecule has 0 N–H and O–H groups in total. The number of imidazole rings is 1. The maximum atomic E-state index is 14.2. The molecule has 1 aliphatic heterocycles. The zero-order valence-electron chi connectivity index (χ0n) is 15.0. The Bertz CT molecular complexity index is 1100. The predicted octanol–water partition coefficient (Wildman–Crippen LogP) is 2.01. The predicted molar refractivity (Wildman–Crippen MR) is 96.3 cm³/mol. The number of carbonyl (C=O) groups is 1. The van der Waals surface area contributed by atoms with Gasteiger partial charge in [-0.3, -0.25) is 4.57 Å². The third-order valence-electron chi connectivity index (χ3n) is 4.77. The van der Waals surface area contributed by atoms with Gasteiger partial charge in [0.15, 0.2) is 11.5 Å².